The SMILES string of the molecule is CC(C)[C@H](N)CN1CCN(C(C)C)CC1. The van der Waals surface area contributed by atoms with Gasteiger partial charge in [0.1, 0.15) is 0 Å². The van der Waals surface area contributed by atoms with Crippen molar-refractivity contribution in [2.75, 3.05) is 32.7 Å². The summed E-state index contributed by atoms with van der Waals surface area (Å²) in [5, 5.41) is 0. The van der Waals surface area contributed by atoms with E-state index in [1.807, 2.05) is 0 Å². The van der Waals surface area contributed by atoms with Gasteiger partial charge < -0.3 is 5.73 Å². The Morgan fingerprint density at radius 2 is 1.53 bits per heavy atom. The van der Waals surface area contributed by atoms with Crippen LogP contribution >= 0.6 is 0 Å². The zero-order valence-corrected chi connectivity index (χ0v) is 10.7. The normalized spacial score (nSPS) is 22.6. The molecule has 15 heavy (non-hydrogen) atoms. The van der Waals surface area contributed by atoms with Crippen molar-refractivity contribution >= 4 is 0 Å². The highest BCUT2D eigenvalue weighted by Gasteiger charge is 2.20. The van der Waals surface area contributed by atoms with Crippen LogP contribution in [0.15, 0.2) is 0 Å². The van der Waals surface area contributed by atoms with Gasteiger partial charge in [0, 0.05) is 44.8 Å². The van der Waals surface area contributed by atoms with Crippen LogP contribution in [0.4, 0.5) is 0 Å². The first kappa shape index (κ1) is 12.9. The van der Waals surface area contributed by atoms with Crippen molar-refractivity contribution in [1.82, 2.24) is 9.80 Å². The third-order valence-electron chi connectivity index (χ3n) is 3.46. The molecule has 0 aromatic carbocycles. The first-order valence-electron chi connectivity index (χ1n) is 6.22. The van der Waals surface area contributed by atoms with Gasteiger partial charge >= 0.3 is 0 Å². The van der Waals surface area contributed by atoms with E-state index in [2.05, 4.69) is 37.5 Å². The Morgan fingerprint density at radius 1 is 1.00 bits per heavy atom. The summed E-state index contributed by atoms with van der Waals surface area (Å²) in [5.41, 5.74) is 6.09. The minimum Gasteiger partial charge on any atom is -0.326 e. The summed E-state index contributed by atoms with van der Waals surface area (Å²) in [7, 11) is 0. The van der Waals surface area contributed by atoms with Crippen LogP contribution in [-0.4, -0.2) is 54.6 Å². The summed E-state index contributed by atoms with van der Waals surface area (Å²) in [5.74, 6) is 0.591. The van der Waals surface area contributed by atoms with Gasteiger partial charge in [-0.25, -0.2) is 0 Å². The molecule has 0 aromatic heterocycles. The molecule has 0 spiro atoms. The van der Waals surface area contributed by atoms with Gasteiger partial charge in [0.2, 0.25) is 0 Å². The van der Waals surface area contributed by atoms with Gasteiger partial charge in [-0.1, -0.05) is 13.8 Å². The number of nitrogens with zero attached hydrogens (tertiary/aromatic N) is 2. The van der Waals surface area contributed by atoms with Crippen molar-refractivity contribution < 1.29 is 0 Å². The summed E-state index contributed by atoms with van der Waals surface area (Å²) < 4.78 is 0. The lowest BCUT2D eigenvalue weighted by atomic mass is 10.0. The van der Waals surface area contributed by atoms with Crippen LogP contribution in [0.25, 0.3) is 0 Å². The van der Waals surface area contributed by atoms with Crippen molar-refractivity contribution in [1.29, 1.82) is 0 Å². The summed E-state index contributed by atoms with van der Waals surface area (Å²) in [6.45, 7) is 14.8. The molecule has 0 aliphatic carbocycles. The van der Waals surface area contributed by atoms with E-state index in [4.69, 9.17) is 5.73 Å². The molecule has 0 saturated carbocycles. The van der Waals surface area contributed by atoms with Crippen molar-refractivity contribution in [2.45, 2.75) is 39.8 Å². The van der Waals surface area contributed by atoms with Crippen LogP contribution in [0.3, 0.4) is 0 Å². The second-order valence-corrected chi connectivity index (χ2v) is 5.34. The lowest BCUT2D eigenvalue weighted by Crippen LogP contribution is -2.52. The van der Waals surface area contributed by atoms with Gasteiger partial charge in [0.15, 0.2) is 0 Å². The van der Waals surface area contributed by atoms with E-state index in [1.54, 1.807) is 0 Å². The van der Waals surface area contributed by atoms with Gasteiger partial charge in [0.05, 0.1) is 0 Å². The van der Waals surface area contributed by atoms with Crippen LogP contribution in [0.5, 0.6) is 0 Å². The van der Waals surface area contributed by atoms with E-state index in [9.17, 15) is 0 Å². The van der Waals surface area contributed by atoms with Crippen LogP contribution in [0, 0.1) is 5.92 Å². The molecule has 0 unspecified atom stereocenters. The van der Waals surface area contributed by atoms with E-state index >= 15 is 0 Å². The molecule has 0 bridgehead atoms. The average molecular weight is 213 g/mol. The quantitative estimate of drug-likeness (QED) is 0.756. The molecule has 0 radical (unpaired) electrons. The van der Waals surface area contributed by atoms with Gasteiger partial charge in [-0.15, -0.1) is 0 Å². The van der Waals surface area contributed by atoms with E-state index in [1.165, 1.54) is 26.2 Å². The van der Waals surface area contributed by atoms with Crippen molar-refractivity contribution in [2.24, 2.45) is 11.7 Å². The van der Waals surface area contributed by atoms with Gasteiger partial charge in [-0.3, -0.25) is 9.80 Å². The summed E-state index contributed by atoms with van der Waals surface area (Å²) in [4.78, 5) is 5.04. The van der Waals surface area contributed by atoms with E-state index in [0.717, 1.165) is 6.54 Å². The lowest BCUT2D eigenvalue weighted by Gasteiger charge is -2.38. The van der Waals surface area contributed by atoms with E-state index in [0.29, 0.717) is 18.0 Å². The highest BCUT2D eigenvalue weighted by molar-refractivity contribution is 4.78. The largest absolute Gasteiger partial charge is 0.326 e. The maximum atomic E-state index is 6.09. The van der Waals surface area contributed by atoms with E-state index < -0.39 is 0 Å². The first-order valence-corrected chi connectivity index (χ1v) is 6.22. The van der Waals surface area contributed by atoms with Gasteiger partial charge in [0.25, 0.3) is 0 Å². The van der Waals surface area contributed by atoms with Gasteiger partial charge in [-0.05, 0) is 19.8 Å². The molecule has 90 valence electrons. The van der Waals surface area contributed by atoms with Crippen LogP contribution in [0.2, 0.25) is 0 Å². The summed E-state index contributed by atoms with van der Waals surface area (Å²) in [6.07, 6.45) is 0. The topological polar surface area (TPSA) is 32.5 Å². The molecule has 1 rings (SSSR count). The zero-order chi connectivity index (χ0) is 11.4. The number of rotatable bonds is 4. The molecule has 2 N–H and O–H groups in total. The lowest BCUT2D eigenvalue weighted by molar-refractivity contribution is 0.101. The molecule has 1 aliphatic rings. The smallest absolute Gasteiger partial charge is 0.0191 e. The maximum Gasteiger partial charge on any atom is 0.0191 e. The Labute approximate surface area is 94.6 Å². The maximum absolute atomic E-state index is 6.09. The minimum absolute atomic E-state index is 0.329. The fraction of sp³-hybridized carbons (Fsp3) is 1.00. The third kappa shape index (κ3) is 4.09. The molecule has 3 nitrogen and oxygen atoms in total. The van der Waals surface area contributed by atoms with Crippen molar-refractivity contribution in [3.63, 3.8) is 0 Å². The van der Waals surface area contributed by atoms with Crippen LogP contribution < -0.4 is 5.73 Å². The average Bonchev–Trinajstić information content (AvgIpc) is 2.18. The highest BCUT2D eigenvalue weighted by Crippen LogP contribution is 2.08. The second-order valence-electron chi connectivity index (χ2n) is 5.34. The Kier molecular flexibility index (Phi) is 5.03. The molecule has 3 heteroatoms. The molecule has 1 atom stereocenters. The Bertz CT molecular complexity index is 172. The predicted molar refractivity (Wildman–Crippen MR) is 66.0 cm³/mol. The summed E-state index contributed by atoms with van der Waals surface area (Å²) in [6, 6.07) is 1.02. The fourth-order valence-electron chi connectivity index (χ4n) is 1.97. The predicted octanol–water partition coefficient (Wildman–Crippen LogP) is 0.996. The fourth-order valence-corrected chi connectivity index (χ4v) is 1.97. The Balaban J connectivity index is 2.25. The third-order valence-corrected chi connectivity index (χ3v) is 3.46. The number of nitrogens with two attached hydrogens (primary N) is 1. The molecule has 1 heterocycles. The zero-order valence-electron chi connectivity index (χ0n) is 10.7. The monoisotopic (exact) mass is 213 g/mol. The molecule has 1 aliphatic heterocycles. The molecule has 1 saturated heterocycles. The Hall–Kier alpha value is -0.120. The molecule has 1 fully saturated rings. The molecule has 0 amide bonds. The van der Waals surface area contributed by atoms with Crippen molar-refractivity contribution in [3.8, 4) is 0 Å². The molecule has 0 aromatic rings. The summed E-state index contributed by atoms with van der Waals surface area (Å²) >= 11 is 0. The second kappa shape index (κ2) is 5.83. The first-order chi connectivity index (χ1) is 7.00. The highest BCUT2D eigenvalue weighted by atomic mass is 15.3. The van der Waals surface area contributed by atoms with E-state index in [-0.39, 0.29) is 0 Å². The number of hydrogen-bond acceptors (Lipinski definition) is 3. The number of piperazine rings is 1. The van der Waals surface area contributed by atoms with Gasteiger partial charge in [-0.2, -0.15) is 0 Å². The van der Waals surface area contributed by atoms with Crippen LogP contribution in [0.1, 0.15) is 27.7 Å². The molecular formula is C12H27N3. The van der Waals surface area contributed by atoms with Crippen molar-refractivity contribution in [3.05, 3.63) is 0 Å². The molecular weight excluding hydrogens is 186 g/mol. The standard InChI is InChI=1S/C12H27N3/c1-10(2)12(13)9-14-5-7-15(8-6-14)11(3)4/h10-12H,5-9,13H2,1-4H3/t12-/m1/s1. The Morgan fingerprint density at radius 3 is 1.93 bits per heavy atom. The number of hydrogen-bond donors (Lipinski definition) is 1. The minimum atomic E-state index is 0.329. The van der Waals surface area contributed by atoms with Crippen LogP contribution in [-0.2, 0) is 0 Å².